The Morgan fingerprint density at radius 2 is 1.85 bits per heavy atom. The number of carbonyl (C=O) groups excluding carboxylic acids is 2. The van der Waals surface area contributed by atoms with Crippen molar-refractivity contribution in [2.75, 3.05) is 5.32 Å². The van der Waals surface area contributed by atoms with Crippen LogP contribution in [0.2, 0.25) is 0 Å². The first-order valence-corrected chi connectivity index (χ1v) is 8.80. The van der Waals surface area contributed by atoms with E-state index in [1.807, 2.05) is 0 Å². The van der Waals surface area contributed by atoms with E-state index in [0.29, 0.717) is 4.88 Å². The van der Waals surface area contributed by atoms with E-state index in [1.54, 1.807) is 31.4 Å². The summed E-state index contributed by atoms with van der Waals surface area (Å²) in [6.07, 6.45) is -4.50. The number of benzene rings is 1. The van der Waals surface area contributed by atoms with Crippen LogP contribution in [0.3, 0.4) is 0 Å². The number of alkyl halides is 3. The first-order valence-electron chi connectivity index (χ1n) is 7.92. The Morgan fingerprint density at radius 3 is 2.38 bits per heavy atom. The third-order valence-corrected chi connectivity index (χ3v) is 4.66. The zero-order valence-electron chi connectivity index (χ0n) is 14.5. The molecule has 0 bridgehead atoms. The van der Waals surface area contributed by atoms with Crippen molar-refractivity contribution >= 4 is 28.8 Å². The van der Waals surface area contributed by atoms with Gasteiger partial charge in [-0.15, -0.1) is 11.3 Å². The van der Waals surface area contributed by atoms with Gasteiger partial charge in [-0.05, 0) is 42.0 Å². The van der Waals surface area contributed by atoms with Crippen LogP contribution in [0.1, 0.15) is 34.6 Å². The van der Waals surface area contributed by atoms with Gasteiger partial charge in [0, 0.05) is 5.69 Å². The fourth-order valence-electron chi connectivity index (χ4n) is 2.38. The van der Waals surface area contributed by atoms with Crippen LogP contribution in [0.15, 0.2) is 35.7 Å². The molecular formula is C18H19F3N2O2S. The highest BCUT2D eigenvalue weighted by molar-refractivity contribution is 7.12. The Kier molecular flexibility index (Phi) is 6.07. The highest BCUT2D eigenvalue weighted by atomic mass is 32.1. The molecule has 2 aromatic rings. The predicted molar refractivity (Wildman–Crippen MR) is 95.2 cm³/mol. The number of thiophene rings is 1. The molecule has 1 unspecified atom stereocenters. The van der Waals surface area contributed by atoms with Crippen LogP contribution in [0.25, 0.3) is 0 Å². The summed E-state index contributed by atoms with van der Waals surface area (Å²) in [4.78, 5) is 25.1. The molecule has 8 heteroatoms. The summed E-state index contributed by atoms with van der Waals surface area (Å²) in [7, 11) is 0. The quantitative estimate of drug-likeness (QED) is 0.799. The molecule has 0 aliphatic heterocycles. The SMILES string of the molecule is Cc1ccc(NC(=O)C(NC(=O)c2cccs2)C(C)C)cc1C(F)(F)F. The average molecular weight is 384 g/mol. The third kappa shape index (κ3) is 4.85. The maximum absolute atomic E-state index is 13.0. The number of nitrogens with one attached hydrogen (secondary N) is 2. The Morgan fingerprint density at radius 1 is 1.15 bits per heavy atom. The number of rotatable bonds is 5. The number of amides is 2. The summed E-state index contributed by atoms with van der Waals surface area (Å²) >= 11 is 1.24. The molecule has 0 saturated heterocycles. The zero-order chi connectivity index (χ0) is 19.5. The van der Waals surface area contributed by atoms with Gasteiger partial charge in [-0.3, -0.25) is 9.59 Å². The topological polar surface area (TPSA) is 58.2 Å². The monoisotopic (exact) mass is 384 g/mol. The smallest absolute Gasteiger partial charge is 0.339 e. The lowest BCUT2D eigenvalue weighted by molar-refractivity contribution is -0.138. The standard InChI is InChI=1S/C18H19F3N2O2S/c1-10(2)15(23-16(24)14-5-4-8-26-14)17(25)22-12-7-6-11(3)13(9-12)18(19,20)21/h4-10,15H,1-3H3,(H,22,25)(H,23,24). The maximum atomic E-state index is 13.0. The molecule has 26 heavy (non-hydrogen) atoms. The van der Waals surface area contributed by atoms with Crippen LogP contribution < -0.4 is 10.6 Å². The molecule has 0 fully saturated rings. The van der Waals surface area contributed by atoms with Gasteiger partial charge in [0.15, 0.2) is 0 Å². The molecule has 0 saturated carbocycles. The van der Waals surface area contributed by atoms with Crippen LogP contribution in [0.5, 0.6) is 0 Å². The van der Waals surface area contributed by atoms with Gasteiger partial charge in [-0.2, -0.15) is 13.2 Å². The molecule has 140 valence electrons. The van der Waals surface area contributed by atoms with Gasteiger partial charge in [0.05, 0.1) is 10.4 Å². The molecule has 1 aromatic carbocycles. The van der Waals surface area contributed by atoms with E-state index in [4.69, 9.17) is 0 Å². The van der Waals surface area contributed by atoms with Gasteiger partial charge in [-0.25, -0.2) is 0 Å². The van der Waals surface area contributed by atoms with Crippen LogP contribution in [0, 0.1) is 12.8 Å². The van der Waals surface area contributed by atoms with E-state index in [0.717, 1.165) is 6.07 Å². The van der Waals surface area contributed by atoms with Gasteiger partial charge in [-0.1, -0.05) is 26.0 Å². The van der Waals surface area contributed by atoms with E-state index in [-0.39, 0.29) is 17.2 Å². The first kappa shape index (κ1) is 20.0. The lowest BCUT2D eigenvalue weighted by atomic mass is 10.0. The summed E-state index contributed by atoms with van der Waals surface area (Å²) in [5.74, 6) is -1.21. The molecule has 0 spiro atoms. The number of carbonyl (C=O) groups is 2. The van der Waals surface area contributed by atoms with Crippen LogP contribution in [-0.4, -0.2) is 17.9 Å². The first-order chi connectivity index (χ1) is 12.1. The lowest BCUT2D eigenvalue weighted by Crippen LogP contribution is -2.47. The lowest BCUT2D eigenvalue weighted by Gasteiger charge is -2.22. The van der Waals surface area contributed by atoms with Gasteiger partial charge < -0.3 is 10.6 Å². The van der Waals surface area contributed by atoms with Crippen molar-refractivity contribution in [3.05, 3.63) is 51.7 Å². The van der Waals surface area contributed by atoms with E-state index in [2.05, 4.69) is 10.6 Å². The molecule has 1 aromatic heterocycles. The third-order valence-electron chi connectivity index (χ3n) is 3.79. The van der Waals surface area contributed by atoms with Crippen molar-refractivity contribution in [2.45, 2.75) is 33.0 Å². The molecule has 1 heterocycles. The van der Waals surface area contributed by atoms with Crippen molar-refractivity contribution in [3.63, 3.8) is 0 Å². The van der Waals surface area contributed by atoms with Gasteiger partial charge in [0.2, 0.25) is 5.91 Å². The minimum Gasteiger partial charge on any atom is -0.339 e. The molecule has 2 amide bonds. The van der Waals surface area contributed by atoms with E-state index in [9.17, 15) is 22.8 Å². The summed E-state index contributed by atoms with van der Waals surface area (Å²) in [6, 6.07) is 6.07. The molecule has 0 aliphatic rings. The second-order valence-electron chi connectivity index (χ2n) is 6.19. The second kappa shape index (κ2) is 7.90. The van der Waals surface area contributed by atoms with E-state index < -0.39 is 29.6 Å². The normalized spacial score (nSPS) is 12.7. The Labute approximate surface area is 153 Å². The molecule has 0 radical (unpaired) electrons. The molecule has 1 atom stereocenters. The highest BCUT2D eigenvalue weighted by Gasteiger charge is 2.33. The number of aryl methyl sites for hydroxylation is 1. The van der Waals surface area contributed by atoms with Crippen molar-refractivity contribution in [1.82, 2.24) is 5.32 Å². The zero-order valence-corrected chi connectivity index (χ0v) is 15.3. The van der Waals surface area contributed by atoms with Crippen LogP contribution in [0.4, 0.5) is 18.9 Å². The van der Waals surface area contributed by atoms with Crippen molar-refractivity contribution in [2.24, 2.45) is 5.92 Å². The number of hydrogen-bond acceptors (Lipinski definition) is 3. The Hall–Kier alpha value is -2.35. The Bertz CT molecular complexity index is 786. The van der Waals surface area contributed by atoms with Crippen molar-refractivity contribution in [3.8, 4) is 0 Å². The fraction of sp³-hybridized carbons (Fsp3) is 0.333. The van der Waals surface area contributed by atoms with E-state index >= 15 is 0 Å². The second-order valence-corrected chi connectivity index (χ2v) is 7.14. The van der Waals surface area contributed by atoms with Crippen molar-refractivity contribution < 1.29 is 22.8 Å². The minimum atomic E-state index is -4.50. The fourth-order valence-corrected chi connectivity index (χ4v) is 3.01. The Balaban J connectivity index is 2.16. The minimum absolute atomic E-state index is 0.0314. The molecule has 0 aliphatic carbocycles. The van der Waals surface area contributed by atoms with Gasteiger partial charge >= 0.3 is 6.18 Å². The summed E-state index contributed by atoms with van der Waals surface area (Å²) < 4.78 is 39.0. The summed E-state index contributed by atoms with van der Waals surface area (Å²) in [6.45, 7) is 4.84. The largest absolute Gasteiger partial charge is 0.416 e. The number of hydrogen-bond donors (Lipinski definition) is 2. The molecular weight excluding hydrogens is 365 g/mol. The van der Waals surface area contributed by atoms with E-state index in [1.165, 1.54) is 30.4 Å². The average Bonchev–Trinajstić information content (AvgIpc) is 3.07. The molecule has 2 N–H and O–H groups in total. The maximum Gasteiger partial charge on any atom is 0.416 e. The van der Waals surface area contributed by atoms with Crippen molar-refractivity contribution in [1.29, 1.82) is 0 Å². The number of anilines is 1. The van der Waals surface area contributed by atoms with Crippen LogP contribution >= 0.6 is 11.3 Å². The van der Waals surface area contributed by atoms with Gasteiger partial charge in [0.25, 0.3) is 5.91 Å². The van der Waals surface area contributed by atoms with Gasteiger partial charge in [0.1, 0.15) is 6.04 Å². The predicted octanol–water partition coefficient (Wildman–Crippen LogP) is 4.47. The number of halogens is 3. The highest BCUT2D eigenvalue weighted by Crippen LogP contribution is 2.33. The summed E-state index contributed by atoms with van der Waals surface area (Å²) in [5, 5.41) is 6.84. The summed E-state index contributed by atoms with van der Waals surface area (Å²) in [5.41, 5.74) is -0.704. The molecule has 4 nitrogen and oxygen atoms in total. The molecule has 2 rings (SSSR count). The van der Waals surface area contributed by atoms with Crippen LogP contribution in [-0.2, 0) is 11.0 Å².